The predicted molar refractivity (Wildman–Crippen MR) is 53.2 cm³/mol. The van der Waals surface area contributed by atoms with Crippen molar-refractivity contribution >= 4 is 5.97 Å². The Kier molecular flexibility index (Phi) is 8.66. The molecule has 88 valence electrons. The van der Waals surface area contributed by atoms with Crippen LogP contribution in [0.1, 0.15) is 26.2 Å². The molecule has 0 unspecified atom stereocenters. The molecule has 0 aromatic carbocycles. The number of carbonyl (C=O) groups excluding carboxylic acids is 1. The summed E-state index contributed by atoms with van der Waals surface area (Å²) in [5.41, 5.74) is 0. The average molecular weight is 219 g/mol. The van der Waals surface area contributed by atoms with Gasteiger partial charge >= 0.3 is 5.97 Å². The summed E-state index contributed by atoms with van der Waals surface area (Å²) in [6.45, 7) is 3.02. The quantitative estimate of drug-likeness (QED) is 0.250. The third-order valence-corrected chi connectivity index (χ3v) is 1.62. The van der Waals surface area contributed by atoms with E-state index in [4.69, 9.17) is 9.47 Å². The molecule has 6 nitrogen and oxygen atoms in total. The van der Waals surface area contributed by atoms with Crippen molar-refractivity contribution in [3.8, 4) is 0 Å². The summed E-state index contributed by atoms with van der Waals surface area (Å²) in [7, 11) is 0. The lowest BCUT2D eigenvalue weighted by Crippen LogP contribution is -2.10. The molecule has 0 radical (unpaired) electrons. The van der Waals surface area contributed by atoms with E-state index in [9.17, 15) is 14.9 Å². The van der Waals surface area contributed by atoms with Gasteiger partial charge in [-0.3, -0.25) is 14.9 Å². The molecule has 0 atom stereocenters. The highest BCUT2D eigenvalue weighted by molar-refractivity contribution is 5.69. The van der Waals surface area contributed by atoms with Crippen molar-refractivity contribution in [2.75, 3.05) is 26.4 Å². The molecule has 0 aromatic heterocycles. The summed E-state index contributed by atoms with van der Waals surface area (Å²) in [6.07, 6.45) is 1.20. The fraction of sp³-hybridized carbons (Fsp3) is 0.889. The standard InChI is InChI=1S/C9H17NO5/c1-2-14-7-3-5-9(11)15-8-4-6-10(12)13/h2-8H2,1H3. The van der Waals surface area contributed by atoms with E-state index in [1.165, 1.54) is 0 Å². The molecule has 6 heteroatoms. The molecule has 0 aliphatic rings. The van der Waals surface area contributed by atoms with E-state index in [1.807, 2.05) is 6.92 Å². The van der Waals surface area contributed by atoms with Gasteiger partial charge in [0.2, 0.25) is 6.54 Å². The molecule has 0 saturated heterocycles. The van der Waals surface area contributed by atoms with Crippen molar-refractivity contribution in [3.63, 3.8) is 0 Å². The Labute approximate surface area is 88.7 Å². The summed E-state index contributed by atoms with van der Waals surface area (Å²) in [6, 6.07) is 0. The van der Waals surface area contributed by atoms with E-state index in [-0.39, 0.29) is 25.5 Å². The van der Waals surface area contributed by atoms with E-state index in [2.05, 4.69) is 0 Å². The Morgan fingerprint density at radius 1 is 1.33 bits per heavy atom. The Balaban J connectivity index is 3.22. The maximum absolute atomic E-state index is 11.0. The molecule has 0 heterocycles. The molecule has 0 aliphatic heterocycles. The minimum absolute atomic E-state index is 0.119. The number of ether oxygens (including phenoxy) is 2. The lowest BCUT2D eigenvalue weighted by molar-refractivity contribution is -0.480. The average Bonchev–Trinajstić information content (AvgIpc) is 2.19. The van der Waals surface area contributed by atoms with Gasteiger partial charge in [-0.1, -0.05) is 0 Å². The monoisotopic (exact) mass is 219 g/mol. The maximum Gasteiger partial charge on any atom is 0.305 e. The topological polar surface area (TPSA) is 78.7 Å². The third-order valence-electron chi connectivity index (χ3n) is 1.62. The largest absolute Gasteiger partial charge is 0.465 e. The smallest absolute Gasteiger partial charge is 0.305 e. The number of nitrogens with zero attached hydrogens (tertiary/aromatic N) is 1. The zero-order chi connectivity index (χ0) is 11.5. The van der Waals surface area contributed by atoms with Gasteiger partial charge in [0, 0.05) is 31.0 Å². The lowest BCUT2D eigenvalue weighted by Gasteiger charge is -2.03. The molecule has 0 spiro atoms. The normalized spacial score (nSPS) is 9.93. The van der Waals surface area contributed by atoms with E-state index in [1.54, 1.807) is 0 Å². The van der Waals surface area contributed by atoms with Crippen LogP contribution in [-0.2, 0) is 14.3 Å². The van der Waals surface area contributed by atoms with Crippen LogP contribution in [0.2, 0.25) is 0 Å². The van der Waals surface area contributed by atoms with E-state index < -0.39 is 4.92 Å². The van der Waals surface area contributed by atoms with Crippen molar-refractivity contribution in [3.05, 3.63) is 10.1 Å². The predicted octanol–water partition coefficient (Wildman–Crippen LogP) is 1.01. The molecule has 0 aliphatic carbocycles. The first-order chi connectivity index (χ1) is 7.16. The molecule has 0 saturated carbocycles. The Hall–Kier alpha value is -1.17. The number of esters is 1. The molecular formula is C9H17NO5. The number of nitro groups is 1. The highest BCUT2D eigenvalue weighted by Gasteiger charge is 2.03. The van der Waals surface area contributed by atoms with Crippen LogP contribution in [0, 0.1) is 10.1 Å². The second kappa shape index (κ2) is 9.39. The maximum atomic E-state index is 11.0. The SMILES string of the molecule is CCOCCCC(=O)OCCC[N+](=O)[O-]. The molecular weight excluding hydrogens is 202 g/mol. The van der Waals surface area contributed by atoms with Gasteiger partial charge in [0.1, 0.15) is 0 Å². The lowest BCUT2D eigenvalue weighted by atomic mass is 10.3. The molecule has 15 heavy (non-hydrogen) atoms. The molecule has 0 rings (SSSR count). The summed E-state index contributed by atoms with van der Waals surface area (Å²) in [5.74, 6) is -0.321. The second-order valence-electron chi connectivity index (χ2n) is 2.93. The van der Waals surface area contributed by atoms with Crippen LogP contribution >= 0.6 is 0 Å². The number of hydrogen-bond acceptors (Lipinski definition) is 5. The van der Waals surface area contributed by atoms with Crippen LogP contribution in [0.15, 0.2) is 0 Å². The first-order valence-electron chi connectivity index (χ1n) is 5.02. The van der Waals surface area contributed by atoms with Crippen molar-refractivity contribution in [1.29, 1.82) is 0 Å². The number of rotatable bonds is 9. The van der Waals surface area contributed by atoms with Gasteiger partial charge in [-0.25, -0.2) is 0 Å². The van der Waals surface area contributed by atoms with E-state index in [0.717, 1.165) is 0 Å². The fourth-order valence-electron chi connectivity index (χ4n) is 0.915. The van der Waals surface area contributed by atoms with Crippen LogP contribution < -0.4 is 0 Å². The highest BCUT2D eigenvalue weighted by Crippen LogP contribution is 1.95. The molecule has 0 amide bonds. The first kappa shape index (κ1) is 13.8. The summed E-state index contributed by atoms with van der Waals surface area (Å²) < 4.78 is 9.82. The Bertz CT molecular complexity index is 195. The molecule has 0 fully saturated rings. The Morgan fingerprint density at radius 3 is 2.67 bits per heavy atom. The van der Waals surface area contributed by atoms with Crippen LogP contribution in [0.25, 0.3) is 0 Å². The van der Waals surface area contributed by atoms with Crippen molar-refractivity contribution in [2.45, 2.75) is 26.2 Å². The van der Waals surface area contributed by atoms with Gasteiger partial charge in [0.25, 0.3) is 0 Å². The van der Waals surface area contributed by atoms with E-state index >= 15 is 0 Å². The summed E-state index contributed by atoms with van der Waals surface area (Å²) in [4.78, 5) is 20.5. The number of carbonyl (C=O) groups is 1. The first-order valence-corrected chi connectivity index (χ1v) is 5.02. The van der Waals surface area contributed by atoms with Crippen molar-refractivity contribution < 1.29 is 19.2 Å². The van der Waals surface area contributed by atoms with Gasteiger partial charge in [0.15, 0.2) is 0 Å². The molecule has 0 N–H and O–H groups in total. The third kappa shape index (κ3) is 10.8. The second-order valence-corrected chi connectivity index (χ2v) is 2.93. The van der Waals surface area contributed by atoms with Gasteiger partial charge in [-0.2, -0.15) is 0 Å². The van der Waals surface area contributed by atoms with Gasteiger partial charge < -0.3 is 9.47 Å². The highest BCUT2D eigenvalue weighted by atomic mass is 16.6. The van der Waals surface area contributed by atoms with Crippen molar-refractivity contribution in [1.82, 2.24) is 0 Å². The van der Waals surface area contributed by atoms with Gasteiger partial charge in [0.05, 0.1) is 6.61 Å². The minimum atomic E-state index is -0.428. The summed E-state index contributed by atoms with van der Waals surface area (Å²) >= 11 is 0. The molecule has 0 aromatic rings. The zero-order valence-corrected chi connectivity index (χ0v) is 8.94. The fourth-order valence-corrected chi connectivity index (χ4v) is 0.915. The van der Waals surface area contributed by atoms with Gasteiger partial charge in [-0.05, 0) is 13.3 Å². The Morgan fingerprint density at radius 2 is 2.07 bits per heavy atom. The van der Waals surface area contributed by atoms with Crippen LogP contribution in [0.4, 0.5) is 0 Å². The van der Waals surface area contributed by atoms with Gasteiger partial charge in [-0.15, -0.1) is 0 Å². The van der Waals surface area contributed by atoms with Crippen LogP contribution in [0.5, 0.6) is 0 Å². The van der Waals surface area contributed by atoms with Crippen LogP contribution in [-0.4, -0.2) is 37.3 Å². The molecule has 0 bridgehead atoms. The zero-order valence-electron chi connectivity index (χ0n) is 8.94. The van der Waals surface area contributed by atoms with Crippen molar-refractivity contribution in [2.24, 2.45) is 0 Å². The summed E-state index contributed by atoms with van der Waals surface area (Å²) in [5, 5.41) is 9.94. The minimum Gasteiger partial charge on any atom is -0.465 e. The van der Waals surface area contributed by atoms with E-state index in [0.29, 0.717) is 26.1 Å². The van der Waals surface area contributed by atoms with Crippen LogP contribution in [0.3, 0.4) is 0 Å². The number of hydrogen-bond donors (Lipinski definition) is 0.